The summed E-state index contributed by atoms with van der Waals surface area (Å²) in [5.41, 5.74) is 3.36. The number of rotatable bonds is 7. The van der Waals surface area contributed by atoms with Crippen LogP contribution in [-0.2, 0) is 23.1 Å². The molecule has 25 heavy (non-hydrogen) atoms. The zero-order valence-electron chi connectivity index (χ0n) is 16.1. The zero-order chi connectivity index (χ0) is 18.4. The maximum absolute atomic E-state index is 12.0. The van der Waals surface area contributed by atoms with Crippen LogP contribution in [-0.4, -0.2) is 17.4 Å². The van der Waals surface area contributed by atoms with Crippen LogP contribution in [0.15, 0.2) is 28.7 Å². The molecule has 0 aliphatic heterocycles. The van der Waals surface area contributed by atoms with Crippen LogP contribution in [0.25, 0.3) is 0 Å². The highest BCUT2D eigenvalue weighted by molar-refractivity contribution is 5.76. The molecule has 0 unspecified atom stereocenters. The van der Waals surface area contributed by atoms with Crippen molar-refractivity contribution < 1.29 is 9.21 Å². The van der Waals surface area contributed by atoms with E-state index >= 15 is 0 Å². The predicted molar refractivity (Wildman–Crippen MR) is 101 cm³/mol. The van der Waals surface area contributed by atoms with E-state index in [-0.39, 0.29) is 11.3 Å². The van der Waals surface area contributed by atoms with Gasteiger partial charge >= 0.3 is 0 Å². The molecule has 0 aliphatic carbocycles. The third-order valence-corrected chi connectivity index (χ3v) is 4.32. The number of aromatic nitrogens is 1. The first-order valence-corrected chi connectivity index (χ1v) is 9.05. The lowest BCUT2D eigenvalue weighted by atomic mass is 9.97. The van der Waals surface area contributed by atoms with Crippen LogP contribution in [0.1, 0.15) is 62.1 Å². The molecule has 0 fully saturated rings. The van der Waals surface area contributed by atoms with Crippen LogP contribution < -0.4 is 5.32 Å². The highest BCUT2D eigenvalue weighted by atomic mass is 16.4. The van der Waals surface area contributed by atoms with E-state index in [9.17, 15) is 4.79 Å². The third-order valence-electron chi connectivity index (χ3n) is 4.32. The van der Waals surface area contributed by atoms with Gasteiger partial charge in [0, 0.05) is 24.8 Å². The zero-order valence-corrected chi connectivity index (χ0v) is 16.1. The quantitative estimate of drug-likeness (QED) is 0.765. The van der Waals surface area contributed by atoms with Gasteiger partial charge in [-0.1, -0.05) is 45.0 Å². The van der Waals surface area contributed by atoms with Gasteiger partial charge in [-0.15, -0.1) is 0 Å². The highest BCUT2D eigenvalue weighted by Gasteiger charge is 2.22. The third kappa shape index (κ3) is 5.73. The second-order valence-electron chi connectivity index (χ2n) is 7.66. The van der Waals surface area contributed by atoms with E-state index in [2.05, 4.69) is 50.1 Å². The standard InChI is InChI=1S/C21H30N2O2/c1-15-9-6-7-10-17(15)12-13-19(24)22-14-8-11-18-16(2)23-20(25-18)21(3,4)5/h6-7,9-10H,8,11-14H2,1-5H3,(H,22,24). The van der Waals surface area contributed by atoms with Gasteiger partial charge in [-0.05, 0) is 37.8 Å². The summed E-state index contributed by atoms with van der Waals surface area (Å²) in [6.45, 7) is 11.0. The first-order chi connectivity index (χ1) is 11.8. The molecule has 2 rings (SSSR count). The Balaban J connectivity index is 1.71. The number of carbonyl (C=O) groups is 1. The van der Waals surface area contributed by atoms with E-state index in [4.69, 9.17) is 4.42 Å². The van der Waals surface area contributed by atoms with Crippen molar-refractivity contribution in [3.05, 3.63) is 52.7 Å². The summed E-state index contributed by atoms with van der Waals surface area (Å²) in [5, 5.41) is 3.00. The Morgan fingerprint density at radius 3 is 2.52 bits per heavy atom. The molecule has 1 heterocycles. The van der Waals surface area contributed by atoms with Gasteiger partial charge in [-0.25, -0.2) is 4.98 Å². The van der Waals surface area contributed by atoms with Crippen molar-refractivity contribution in [2.24, 2.45) is 0 Å². The molecule has 0 saturated heterocycles. The number of carbonyl (C=O) groups excluding carboxylic acids is 1. The fourth-order valence-corrected chi connectivity index (χ4v) is 2.68. The van der Waals surface area contributed by atoms with E-state index < -0.39 is 0 Å². The molecule has 0 bridgehead atoms. The van der Waals surface area contributed by atoms with Gasteiger partial charge < -0.3 is 9.73 Å². The minimum atomic E-state index is -0.0766. The van der Waals surface area contributed by atoms with Gasteiger partial charge in [-0.2, -0.15) is 0 Å². The van der Waals surface area contributed by atoms with Crippen molar-refractivity contribution in [1.29, 1.82) is 0 Å². The normalized spacial score (nSPS) is 11.6. The molecule has 136 valence electrons. The van der Waals surface area contributed by atoms with Crippen molar-refractivity contribution in [2.45, 2.75) is 65.7 Å². The fourth-order valence-electron chi connectivity index (χ4n) is 2.68. The van der Waals surface area contributed by atoms with Crippen LogP contribution in [0.5, 0.6) is 0 Å². The molecule has 4 heteroatoms. The lowest BCUT2D eigenvalue weighted by Gasteiger charge is -2.12. The van der Waals surface area contributed by atoms with E-state index in [0.717, 1.165) is 36.6 Å². The molecule has 1 aromatic carbocycles. The first kappa shape index (κ1) is 19.2. The molecule has 0 radical (unpaired) electrons. The molecule has 1 aromatic heterocycles. The largest absolute Gasteiger partial charge is 0.445 e. The lowest BCUT2D eigenvalue weighted by molar-refractivity contribution is -0.121. The van der Waals surface area contributed by atoms with Crippen molar-refractivity contribution in [3.8, 4) is 0 Å². The summed E-state index contributed by atoms with van der Waals surface area (Å²) in [7, 11) is 0. The monoisotopic (exact) mass is 342 g/mol. The van der Waals surface area contributed by atoms with Crippen LogP contribution in [0.3, 0.4) is 0 Å². The van der Waals surface area contributed by atoms with Gasteiger partial charge in [-0.3, -0.25) is 4.79 Å². The summed E-state index contributed by atoms with van der Waals surface area (Å²) in [4.78, 5) is 16.5. The van der Waals surface area contributed by atoms with Crippen molar-refractivity contribution in [1.82, 2.24) is 10.3 Å². The van der Waals surface area contributed by atoms with Crippen LogP contribution in [0, 0.1) is 13.8 Å². The predicted octanol–water partition coefficient (Wildman–Crippen LogP) is 4.27. The number of aryl methyl sites for hydroxylation is 4. The summed E-state index contributed by atoms with van der Waals surface area (Å²) in [6.07, 6.45) is 2.97. The number of oxazole rings is 1. The molecular formula is C21H30N2O2. The Labute approximate surface area is 151 Å². The van der Waals surface area contributed by atoms with E-state index in [0.29, 0.717) is 13.0 Å². The minimum absolute atomic E-state index is 0.0766. The van der Waals surface area contributed by atoms with Crippen molar-refractivity contribution >= 4 is 5.91 Å². The van der Waals surface area contributed by atoms with E-state index in [1.807, 2.05) is 19.1 Å². The molecule has 0 spiro atoms. The number of amides is 1. The second-order valence-corrected chi connectivity index (χ2v) is 7.66. The Hall–Kier alpha value is -2.10. The average molecular weight is 342 g/mol. The topological polar surface area (TPSA) is 55.1 Å². The Morgan fingerprint density at radius 2 is 1.88 bits per heavy atom. The summed E-state index contributed by atoms with van der Waals surface area (Å²) in [5.74, 6) is 1.81. The maximum atomic E-state index is 12.0. The highest BCUT2D eigenvalue weighted by Crippen LogP contribution is 2.24. The van der Waals surface area contributed by atoms with Crippen molar-refractivity contribution in [3.63, 3.8) is 0 Å². The fraction of sp³-hybridized carbons (Fsp3) is 0.524. The van der Waals surface area contributed by atoms with Gasteiger partial charge in [0.1, 0.15) is 5.76 Å². The summed E-state index contributed by atoms with van der Waals surface area (Å²) >= 11 is 0. The van der Waals surface area contributed by atoms with Gasteiger partial charge in [0.2, 0.25) is 5.91 Å². The van der Waals surface area contributed by atoms with Crippen molar-refractivity contribution in [2.75, 3.05) is 6.54 Å². The van der Waals surface area contributed by atoms with Gasteiger partial charge in [0.05, 0.1) is 5.69 Å². The first-order valence-electron chi connectivity index (χ1n) is 9.05. The van der Waals surface area contributed by atoms with Gasteiger partial charge in [0.15, 0.2) is 5.89 Å². The summed E-state index contributed by atoms with van der Waals surface area (Å²) < 4.78 is 5.88. The number of nitrogens with zero attached hydrogens (tertiary/aromatic N) is 1. The van der Waals surface area contributed by atoms with E-state index in [1.165, 1.54) is 11.1 Å². The average Bonchev–Trinajstić information content (AvgIpc) is 2.92. The molecule has 1 amide bonds. The minimum Gasteiger partial charge on any atom is -0.445 e. The van der Waals surface area contributed by atoms with Crippen LogP contribution in [0.2, 0.25) is 0 Å². The maximum Gasteiger partial charge on any atom is 0.220 e. The molecule has 0 atom stereocenters. The number of hydrogen-bond donors (Lipinski definition) is 1. The molecule has 0 saturated carbocycles. The Kier molecular flexibility index (Phi) is 6.40. The SMILES string of the molecule is Cc1ccccc1CCC(=O)NCCCc1oc(C(C)(C)C)nc1C. The second kappa shape index (κ2) is 8.32. The van der Waals surface area contributed by atoms with Gasteiger partial charge in [0.25, 0.3) is 0 Å². The lowest BCUT2D eigenvalue weighted by Crippen LogP contribution is -2.25. The molecule has 4 nitrogen and oxygen atoms in total. The number of hydrogen-bond acceptors (Lipinski definition) is 3. The smallest absolute Gasteiger partial charge is 0.220 e. The molecule has 2 aromatic rings. The summed E-state index contributed by atoms with van der Waals surface area (Å²) in [6, 6.07) is 8.21. The molecule has 1 N–H and O–H groups in total. The van der Waals surface area contributed by atoms with Crippen LogP contribution in [0.4, 0.5) is 0 Å². The van der Waals surface area contributed by atoms with E-state index in [1.54, 1.807) is 0 Å². The number of benzene rings is 1. The molecule has 0 aliphatic rings. The Bertz CT molecular complexity index is 711. The molecular weight excluding hydrogens is 312 g/mol. The Morgan fingerprint density at radius 1 is 1.16 bits per heavy atom. The van der Waals surface area contributed by atoms with Crippen LogP contribution >= 0.6 is 0 Å². The number of nitrogens with one attached hydrogen (secondary N) is 1.